The fourth-order valence-electron chi connectivity index (χ4n) is 3.73. The smallest absolute Gasteiger partial charge is 0.246 e. The molecule has 27 heavy (non-hydrogen) atoms. The van der Waals surface area contributed by atoms with E-state index in [9.17, 15) is 0 Å². The van der Waals surface area contributed by atoms with E-state index in [0.29, 0.717) is 17.6 Å². The summed E-state index contributed by atoms with van der Waals surface area (Å²) in [6.45, 7) is 7.39. The minimum atomic E-state index is 0.417. The highest BCUT2D eigenvalue weighted by Crippen LogP contribution is 2.26. The van der Waals surface area contributed by atoms with Crippen LogP contribution in [0.15, 0.2) is 42.5 Å². The molecule has 3 heterocycles. The number of piperazine rings is 1. The predicted molar refractivity (Wildman–Crippen MR) is 111 cm³/mol. The monoisotopic (exact) mass is 364 g/mol. The van der Waals surface area contributed by atoms with Gasteiger partial charge in [0, 0.05) is 31.2 Å². The number of nitrogens with zero attached hydrogens (tertiary/aromatic N) is 4. The van der Waals surface area contributed by atoms with Crippen molar-refractivity contribution in [3.05, 3.63) is 42.5 Å². The van der Waals surface area contributed by atoms with Crippen LogP contribution in [0.2, 0.25) is 0 Å². The van der Waals surface area contributed by atoms with Crippen molar-refractivity contribution in [2.24, 2.45) is 5.92 Å². The van der Waals surface area contributed by atoms with Crippen molar-refractivity contribution < 1.29 is 0 Å². The number of rotatable bonds is 5. The van der Waals surface area contributed by atoms with Crippen molar-refractivity contribution in [3.8, 4) is 11.3 Å². The Kier molecular flexibility index (Phi) is 4.99. The SMILES string of the molecule is CC(C)CCC1CNCCN1c1nc2c(N)ccc(-c3ccccc3)n2n1. The van der Waals surface area contributed by atoms with E-state index in [1.807, 2.05) is 34.8 Å². The van der Waals surface area contributed by atoms with Crippen LogP contribution in [0.3, 0.4) is 0 Å². The van der Waals surface area contributed by atoms with Crippen LogP contribution in [-0.2, 0) is 0 Å². The maximum Gasteiger partial charge on any atom is 0.246 e. The molecule has 3 N–H and O–H groups in total. The summed E-state index contributed by atoms with van der Waals surface area (Å²) in [5.41, 5.74) is 9.72. The molecular formula is C21H28N6. The summed E-state index contributed by atoms with van der Waals surface area (Å²) in [5, 5.41) is 8.39. The van der Waals surface area contributed by atoms with Gasteiger partial charge < -0.3 is 16.0 Å². The zero-order valence-electron chi connectivity index (χ0n) is 16.1. The predicted octanol–water partition coefficient (Wildman–Crippen LogP) is 3.19. The summed E-state index contributed by atoms with van der Waals surface area (Å²) >= 11 is 0. The Bertz CT molecular complexity index is 902. The number of nitrogens with one attached hydrogen (secondary N) is 1. The van der Waals surface area contributed by atoms with Crippen LogP contribution in [0.1, 0.15) is 26.7 Å². The Morgan fingerprint density at radius 3 is 2.78 bits per heavy atom. The highest BCUT2D eigenvalue weighted by Gasteiger charge is 2.26. The molecule has 4 rings (SSSR count). The molecule has 1 unspecified atom stereocenters. The highest BCUT2D eigenvalue weighted by molar-refractivity contribution is 5.73. The van der Waals surface area contributed by atoms with Crippen LogP contribution in [-0.4, -0.2) is 40.3 Å². The quantitative estimate of drug-likeness (QED) is 0.727. The maximum absolute atomic E-state index is 6.22. The molecule has 0 radical (unpaired) electrons. The number of nitrogen functional groups attached to an aromatic ring is 1. The van der Waals surface area contributed by atoms with Crippen molar-refractivity contribution in [2.75, 3.05) is 30.3 Å². The number of hydrogen-bond donors (Lipinski definition) is 2. The number of aromatic nitrogens is 3. The summed E-state index contributed by atoms with van der Waals surface area (Å²) < 4.78 is 1.89. The van der Waals surface area contributed by atoms with Crippen molar-refractivity contribution >= 4 is 17.3 Å². The van der Waals surface area contributed by atoms with Crippen molar-refractivity contribution in [1.29, 1.82) is 0 Å². The maximum atomic E-state index is 6.22. The Labute approximate surface area is 160 Å². The van der Waals surface area contributed by atoms with Gasteiger partial charge in [-0.25, -0.2) is 4.52 Å². The van der Waals surface area contributed by atoms with Gasteiger partial charge in [-0.3, -0.25) is 0 Å². The molecule has 0 bridgehead atoms. The molecule has 1 aliphatic rings. The van der Waals surface area contributed by atoms with Gasteiger partial charge in [0.2, 0.25) is 5.95 Å². The van der Waals surface area contributed by atoms with Gasteiger partial charge in [-0.1, -0.05) is 44.2 Å². The summed E-state index contributed by atoms with van der Waals surface area (Å²) in [6.07, 6.45) is 2.34. The minimum Gasteiger partial charge on any atom is -0.396 e. The third kappa shape index (κ3) is 3.62. The van der Waals surface area contributed by atoms with E-state index >= 15 is 0 Å². The Morgan fingerprint density at radius 2 is 2.00 bits per heavy atom. The molecule has 1 atom stereocenters. The summed E-state index contributed by atoms with van der Waals surface area (Å²) in [4.78, 5) is 7.17. The molecule has 1 aromatic carbocycles. The van der Waals surface area contributed by atoms with Gasteiger partial charge in [-0.2, -0.15) is 4.98 Å². The third-order valence-electron chi connectivity index (χ3n) is 5.26. The van der Waals surface area contributed by atoms with E-state index in [4.69, 9.17) is 15.8 Å². The van der Waals surface area contributed by atoms with E-state index in [-0.39, 0.29) is 0 Å². The molecule has 0 amide bonds. The summed E-state index contributed by atoms with van der Waals surface area (Å²) in [5.74, 6) is 1.48. The summed E-state index contributed by atoms with van der Waals surface area (Å²) in [6, 6.07) is 14.6. The molecular weight excluding hydrogens is 336 g/mol. The van der Waals surface area contributed by atoms with E-state index in [0.717, 1.165) is 48.9 Å². The lowest BCUT2D eigenvalue weighted by Crippen LogP contribution is -2.52. The largest absolute Gasteiger partial charge is 0.396 e. The molecule has 1 aliphatic heterocycles. The van der Waals surface area contributed by atoms with E-state index in [1.165, 1.54) is 6.42 Å². The number of benzene rings is 1. The second kappa shape index (κ2) is 7.56. The lowest BCUT2D eigenvalue weighted by molar-refractivity contribution is 0.413. The molecule has 0 spiro atoms. The van der Waals surface area contributed by atoms with Gasteiger partial charge in [0.15, 0.2) is 5.65 Å². The van der Waals surface area contributed by atoms with Gasteiger partial charge in [0.05, 0.1) is 11.4 Å². The van der Waals surface area contributed by atoms with Gasteiger partial charge in [-0.15, -0.1) is 5.10 Å². The molecule has 0 saturated carbocycles. The minimum absolute atomic E-state index is 0.417. The Hall–Kier alpha value is -2.60. The average Bonchev–Trinajstić information content (AvgIpc) is 3.14. The molecule has 0 aliphatic carbocycles. The lowest BCUT2D eigenvalue weighted by atomic mass is 10.0. The second-order valence-electron chi connectivity index (χ2n) is 7.71. The van der Waals surface area contributed by atoms with Gasteiger partial charge in [0.1, 0.15) is 0 Å². The topological polar surface area (TPSA) is 71.5 Å². The zero-order chi connectivity index (χ0) is 18.8. The van der Waals surface area contributed by atoms with Crippen molar-refractivity contribution in [1.82, 2.24) is 19.9 Å². The first-order chi connectivity index (χ1) is 13.1. The number of nitrogens with two attached hydrogens (primary N) is 1. The van der Waals surface area contributed by atoms with Crippen molar-refractivity contribution in [3.63, 3.8) is 0 Å². The van der Waals surface area contributed by atoms with Crippen LogP contribution in [0, 0.1) is 5.92 Å². The van der Waals surface area contributed by atoms with Crippen LogP contribution in [0.25, 0.3) is 16.9 Å². The molecule has 1 fully saturated rings. The van der Waals surface area contributed by atoms with E-state index < -0.39 is 0 Å². The zero-order valence-corrected chi connectivity index (χ0v) is 16.1. The first-order valence-corrected chi connectivity index (χ1v) is 9.81. The van der Waals surface area contributed by atoms with Gasteiger partial charge in [-0.05, 0) is 30.9 Å². The number of hydrogen-bond acceptors (Lipinski definition) is 5. The first-order valence-electron chi connectivity index (χ1n) is 9.81. The highest BCUT2D eigenvalue weighted by atomic mass is 15.4. The van der Waals surface area contributed by atoms with Crippen LogP contribution in [0.5, 0.6) is 0 Å². The Morgan fingerprint density at radius 1 is 1.19 bits per heavy atom. The number of pyridine rings is 1. The molecule has 6 heteroatoms. The second-order valence-corrected chi connectivity index (χ2v) is 7.71. The number of anilines is 2. The molecule has 2 aromatic heterocycles. The first kappa shape index (κ1) is 17.8. The van der Waals surface area contributed by atoms with Crippen LogP contribution < -0.4 is 16.0 Å². The standard InChI is InChI=1S/C21H28N6/c1-15(2)8-9-17-14-23-12-13-26(17)21-24-20-18(22)10-11-19(27(20)25-21)16-6-4-3-5-7-16/h3-7,10-11,15,17,23H,8-9,12-14,22H2,1-2H3. The average molecular weight is 364 g/mol. The van der Waals surface area contributed by atoms with E-state index in [2.05, 4.69) is 36.2 Å². The van der Waals surface area contributed by atoms with E-state index in [1.54, 1.807) is 0 Å². The normalized spacial score (nSPS) is 17.7. The molecule has 6 nitrogen and oxygen atoms in total. The summed E-state index contributed by atoms with van der Waals surface area (Å²) in [7, 11) is 0. The van der Waals surface area contributed by atoms with Crippen LogP contribution >= 0.6 is 0 Å². The number of fused-ring (bicyclic) bond motifs is 1. The van der Waals surface area contributed by atoms with Crippen molar-refractivity contribution in [2.45, 2.75) is 32.7 Å². The fraction of sp³-hybridized carbons (Fsp3) is 0.429. The molecule has 1 saturated heterocycles. The van der Waals surface area contributed by atoms with Gasteiger partial charge in [0.25, 0.3) is 0 Å². The molecule has 142 valence electrons. The fourth-order valence-corrected chi connectivity index (χ4v) is 3.73. The third-order valence-corrected chi connectivity index (χ3v) is 5.26. The van der Waals surface area contributed by atoms with Crippen LogP contribution in [0.4, 0.5) is 11.6 Å². The molecule has 3 aromatic rings. The lowest BCUT2D eigenvalue weighted by Gasteiger charge is -2.35. The van der Waals surface area contributed by atoms with Gasteiger partial charge >= 0.3 is 0 Å². The Balaban J connectivity index is 1.73.